The van der Waals surface area contributed by atoms with Crippen LogP contribution in [-0.2, 0) is 18.0 Å². The highest BCUT2D eigenvalue weighted by atomic mass is 35.5. The van der Waals surface area contributed by atoms with E-state index in [2.05, 4.69) is 10.1 Å². The molecule has 0 fully saturated rings. The van der Waals surface area contributed by atoms with Crippen molar-refractivity contribution in [3.63, 3.8) is 0 Å². The summed E-state index contributed by atoms with van der Waals surface area (Å²) >= 11 is 6.04. The van der Waals surface area contributed by atoms with Gasteiger partial charge in [0.25, 0.3) is 0 Å². The summed E-state index contributed by atoms with van der Waals surface area (Å²) in [6.07, 6.45) is -0.995. The second kappa shape index (κ2) is 11.1. The monoisotopic (exact) mass is 378 g/mol. The second-order valence-electron chi connectivity index (χ2n) is 5.29. The number of nitrogens with two attached hydrogens (primary N) is 1. The molecule has 0 aliphatic carbocycles. The molecule has 0 spiro atoms. The van der Waals surface area contributed by atoms with E-state index in [0.29, 0.717) is 18.2 Å². The van der Waals surface area contributed by atoms with Gasteiger partial charge in [0.15, 0.2) is 6.61 Å². The van der Waals surface area contributed by atoms with Gasteiger partial charge in [-0.3, -0.25) is 4.98 Å². The molecule has 140 valence electrons. The van der Waals surface area contributed by atoms with Gasteiger partial charge in [-0.2, -0.15) is 0 Å². The van der Waals surface area contributed by atoms with Crippen molar-refractivity contribution < 1.29 is 14.7 Å². The quantitative estimate of drug-likeness (QED) is 0.546. The van der Waals surface area contributed by atoms with Crippen molar-refractivity contribution in [3.8, 4) is 0 Å². The van der Waals surface area contributed by atoms with Crippen molar-refractivity contribution >= 4 is 23.4 Å². The van der Waals surface area contributed by atoms with Gasteiger partial charge < -0.3 is 21.0 Å². The number of nitrogens with one attached hydrogen (secondary N) is 1. The third-order valence-electron chi connectivity index (χ3n) is 3.26. The van der Waals surface area contributed by atoms with Gasteiger partial charge in [0.05, 0.1) is 11.4 Å². The standard InChI is InChI=1S/C16H18ClN3O.C2H5NO2/c1-11-4-3-5-15(19-11)10-21-20-12(2)13-6-7-16(17)14(8-13)9-18;1-3-2(4)5/h3-8H,9-10,18H2,1-2H3;3H,1H3,(H,4,5). The maximum Gasteiger partial charge on any atom is 0.404 e. The Morgan fingerprint density at radius 2 is 2.08 bits per heavy atom. The number of rotatable bonds is 5. The molecule has 1 aromatic heterocycles. The molecule has 1 aromatic carbocycles. The molecule has 7 nitrogen and oxygen atoms in total. The minimum absolute atomic E-state index is 0.344. The molecular formula is C18H23ClN4O3. The van der Waals surface area contributed by atoms with Crippen LogP contribution in [0.15, 0.2) is 41.6 Å². The fraction of sp³-hybridized carbons (Fsp3) is 0.278. The first-order valence-electron chi connectivity index (χ1n) is 7.86. The van der Waals surface area contributed by atoms with Gasteiger partial charge in [-0.15, -0.1) is 0 Å². The Hall–Kier alpha value is -2.64. The largest absolute Gasteiger partial charge is 0.465 e. The van der Waals surface area contributed by atoms with Gasteiger partial charge in [-0.1, -0.05) is 28.9 Å². The zero-order valence-electron chi connectivity index (χ0n) is 15.0. The average molecular weight is 379 g/mol. The Labute approximate surface area is 157 Å². The lowest BCUT2D eigenvalue weighted by atomic mass is 10.1. The summed E-state index contributed by atoms with van der Waals surface area (Å²) in [7, 11) is 1.35. The van der Waals surface area contributed by atoms with E-state index in [0.717, 1.165) is 28.2 Å². The minimum atomic E-state index is -0.995. The topological polar surface area (TPSA) is 110 Å². The van der Waals surface area contributed by atoms with Gasteiger partial charge in [-0.25, -0.2) is 4.79 Å². The number of halogens is 1. The van der Waals surface area contributed by atoms with Gasteiger partial charge in [0.1, 0.15) is 0 Å². The molecule has 1 amide bonds. The fourth-order valence-corrected chi connectivity index (χ4v) is 2.08. The Kier molecular flexibility index (Phi) is 9.11. The summed E-state index contributed by atoms with van der Waals surface area (Å²) in [6.45, 7) is 4.57. The second-order valence-corrected chi connectivity index (χ2v) is 5.69. The molecule has 0 atom stereocenters. The maximum atomic E-state index is 9.26. The summed E-state index contributed by atoms with van der Waals surface area (Å²) in [5.74, 6) is 0. The molecule has 0 radical (unpaired) electrons. The summed E-state index contributed by atoms with van der Waals surface area (Å²) in [5, 5.41) is 14.3. The number of aryl methyl sites for hydroxylation is 1. The number of nitrogens with zero attached hydrogens (tertiary/aromatic N) is 2. The lowest BCUT2D eigenvalue weighted by Crippen LogP contribution is -2.13. The van der Waals surface area contributed by atoms with Crippen molar-refractivity contribution in [3.05, 3.63) is 63.9 Å². The van der Waals surface area contributed by atoms with Gasteiger partial charge in [0, 0.05) is 24.3 Å². The Morgan fingerprint density at radius 3 is 2.65 bits per heavy atom. The average Bonchev–Trinajstić information content (AvgIpc) is 2.62. The van der Waals surface area contributed by atoms with Crippen LogP contribution in [0.1, 0.15) is 29.4 Å². The molecule has 0 unspecified atom stereocenters. The van der Waals surface area contributed by atoms with Crippen molar-refractivity contribution in [1.29, 1.82) is 0 Å². The highest BCUT2D eigenvalue weighted by molar-refractivity contribution is 6.31. The first-order chi connectivity index (χ1) is 12.4. The molecule has 0 bridgehead atoms. The fourth-order valence-electron chi connectivity index (χ4n) is 1.88. The van der Waals surface area contributed by atoms with Crippen molar-refractivity contribution in [2.24, 2.45) is 10.9 Å². The van der Waals surface area contributed by atoms with Crippen LogP contribution in [0.3, 0.4) is 0 Å². The van der Waals surface area contributed by atoms with E-state index < -0.39 is 6.09 Å². The van der Waals surface area contributed by atoms with Crippen LogP contribution < -0.4 is 11.1 Å². The van der Waals surface area contributed by atoms with E-state index >= 15 is 0 Å². The number of aromatic nitrogens is 1. The van der Waals surface area contributed by atoms with E-state index in [1.165, 1.54) is 7.05 Å². The number of amides is 1. The van der Waals surface area contributed by atoms with Crippen LogP contribution in [0, 0.1) is 6.92 Å². The SMILES string of the molecule is CC(=NOCc1cccc(C)n1)c1ccc(Cl)c(CN)c1.CNC(=O)O. The number of pyridine rings is 1. The number of oxime groups is 1. The molecule has 8 heteroatoms. The highest BCUT2D eigenvalue weighted by Gasteiger charge is 2.04. The van der Waals surface area contributed by atoms with Crippen LogP contribution in [0.25, 0.3) is 0 Å². The van der Waals surface area contributed by atoms with Crippen molar-refractivity contribution in [2.45, 2.75) is 27.0 Å². The summed E-state index contributed by atoms with van der Waals surface area (Å²) in [4.78, 5) is 19.0. The highest BCUT2D eigenvalue weighted by Crippen LogP contribution is 2.17. The van der Waals surface area contributed by atoms with E-state index in [9.17, 15) is 4.79 Å². The molecule has 1 heterocycles. The van der Waals surface area contributed by atoms with Crippen molar-refractivity contribution in [1.82, 2.24) is 10.3 Å². The van der Waals surface area contributed by atoms with E-state index in [1.54, 1.807) is 0 Å². The lowest BCUT2D eigenvalue weighted by Gasteiger charge is -2.06. The zero-order chi connectivity index (χ0) is 19.5. The molecular weight excluding hydrogens is 356 g/mol. The maximum absolute atomic E-state index is 9.26. The molecule has 0 saturated carbocycles. The molecule has 0 saturated heterocycles. The van der Waals surface area contributed by atoms with E-state index in [-0.39, 0.29) is 0 Å². The number of carbonyl (C=O) groups is 1. The number of benzene rings is 1. The van der Waals surface area contributed by atoms with E-state index in [4.69, 9.17) is 27.3 Å². The van der Waals surface area contributed by atoms with Crippen LogP contribution in [0.2, 0.25) is 5.02 Å². The van der Waals surface area contributed by atoms with Gasteiger partial charge >= 0.3 is 6.09 Å². The number of carboxylic acid groups (broad SMARTS) is 1. The van der Waals surface area contributed by atoms with Crippen LogP contribution >= 0.6 is 11.6 Å². The normalized spacial score (nSPS) is 10.6. The predicted molar refractivity (Wildman–Crippen MR) is 102 cm³/mol. The van der Waals surface area contributed by atoms with Crippen LogP contribution in [0.4, 0.5) is 4.79 Å². The zero-order valence-corrected chi connectivity index (χ0v) is 15.7. The molecule has 2 rings (SSSR count). The first-order valence-corrected chi connectivity index (χ1v) is 8.23. The predicted octanol–water partition coefficient (Wildman–Crippen LogP) is 3.33. The summed E-state index contributed by atoms with van der Waals surface area (Å²) < 4.78 is 0. The lowest BCUT2D eigenvalue weighted by molar-refractivity contribution is 0.127. The molecule has 4 N–H and O–H groups in total. The van der Waals surface area contributed by atoms with Crippen molar-refractivity contribution in [2.75, 3.05) is 7.05 Å². The first kappa shape index (κ1) is 21.4. The van der Waals surface area contributed by atoms with Crippen LogP contribution in [-0.4, -0.2) is 28.9 Å². The van der Waals surface area contributed by atoms with Gasteiger partial charge in [0.2, 0.25) is 0 Å². The summed E-state index contributed by atoms with van der Waals surface area (Å²) in [6, 6.07) is 11.4. The molecule has 0 aliphatic heterocycles. The number of hydrogen-bond donors (Lipinski definition) is 3. The third kappa shape index (κ3) is 7.50. The van der Waals surface area contributed by atoms with Crippen LogP contribution in [0.5, 0.6) is 0 Å². The molecule has 26 heavy (non-hydrogen) atoms. The third-order valence-corrected chi connectivity index (χ3v) is 3.63. The van der Waals surface area contributed by atoms with E-state index in [1.807, 2.05) is 55.6 Å². The minimum Gasteiger partial charge on any atom is -0.465 e. The summed E-state index contributed by atoms with van der Waals surface area (Å²) in [5.41, 5.74) is 10.1. The van der Waals surface area contributed by atoms with Gasteiger partial charge in [-0.05, 0) is 49.2 Å². The molecule has 2 aromatic rings. The smallest absolute Gasteiger partial charge is 0.404 e. The Balaban J connectivity index is 0.000000597. The Morgan fingerprint density at radius 1 is 1.38 bits per heavy atom. The molecule has 0 aliphatic rings. The Bertz CT molecular complexity index is 766. The number of hydrogen-bond acceptors (Lipinski definition) is 5.